The third-order valence-electron chi connectivity index (χ3n) is 3.68. The van der Waals surface area contributed by atoms with E-state index in [4.69, 9.17) is 9.47 Å². The molecule has 3 aromatic rings. The first-order chi connectivity index (χ1) is 10.3. The van der Waals surface area contributed by atoms with E-state index in [-0.39, 0.29) is 0 Å². The van der Waals surface area contributed by atoms with E-state index in [0.29, 0.717) is 6.73 Å². The van der Waals surface area contributed by atoms with Crippen LogP contribution < -0.4 is 14.4 Å². The molecule has 2 aromatic carbocycles. The Morgan fingerprint density at radius 3 is 3.00 bits per heavy atom. The minimum Gasteiger partial charge on any atom is -0.497 e. The lowest BCUT2D eigenvalue weighted by molar-refractivity contribution is 0.286. The van der Waals surface area contributed by atoms with Crippen LogP contribution in [0, 0.1) is 0 Å². The summed E-state index contributed by atoms with van der Waals surface area (Å²) in [5.41, 5.74) is 3.09. The maximum atomic E-state index is 5.80. The smallest absolute Gasteiger partial charge is 0.206 e. The molecule has 1 aromatic heterocycles. The molecule has 21 heavy (non-hydrogen) atoms. The highest BCUT2D eigenvalue weighted by Gasteiger charge is 2.20. The summed E-state index contributed by atoms with van der Waals surface area (Å²) in [6.45, 7) is 1.23. The van der Waals surface area contributed by atoms with Crippen molar-refractivity contribution in [3.63, 3.8) is 0 Å². The van der Waals surface area contributed by atoms with E-state index >= 15 is 0 Å². The lowest BCUT2D eigenvalue weighted by Crippen LogP contribution is -2.32. The molecule has 5 nitrogen and oxygen atoms in total. The van der Waals surface area contributed by atoms with Gasteiger partial charge in [-0.25, -0.2) is 4.98 Å². The Kier molecular flexibility index (Phi) is 2.70. The molecule has 0 aliphatic carbocycles. The van der Waals surface area contributed by atoms with Gasteiger partial charge in [0.25, 0.3) is 0 Å². The van der Waals surface area contributed by atoms with Crippen molar-refractivity contribution in [1.82, 2.24) is 9.97 Å². The van der Waals surface area contributed by atoms with Crippen LogP contribution in [-0.2, 0) is 6.54 Å². The molecule has 1 aliphatic rings. The summed E-state index contributed by atoms with van der Waals surface area (Å²) in [5, 5.41) is 0. The van der Waals surface area contributed by atoms with Gasteiger partial charge in [-0.15, -0.1) is 0 Å². The van der Waals surface area contributed by atoms with E-state index in [1.807, 2.05) is 42.5 Å². The summed E-state index contributed by atoms with van der Waals surface area (Å²) in [6, 6.07) is 13.9. The second-order valence-electron chi connectivity index (χ2n) is 5.02. The number of fused-ring (bicyclic) bond motifs is 2. The molecule has 0 spiro atoms. The molecule has 0 saturated heterocycles. The number of aromatic nitrogens is 2. The number of anilines is 1. The lowest BCUT2D eigenvalue weighted by Gasteiger charge is -2.28. The van der Waals surface area contributed by atoms with Crippen molar-refractivity contribution in [3.05, 3.63) is 48.0 Å². The normalized spacial score (nSPS) is 13.9. The fourth-order valence-corrected chi connectivity index (χ4v) is 2.57. The fraction of sp³-hybridized carbons (Fsp3) is 0.188. The fourth-order valence-electron chi connectivity index (χ4n) is 2.57. The number of nitrogens with zero attached hydrogens (tertiary/aromatic N) is 2. The first kappa shape index (κ1) is 12.1. The number of aromatic amines is 1. The molecule has 0 fully saturated rings. The quantitative estimate of drug-likeness (QED) is 0.784. The SMILES string of the molecule is COc1ccc2c(c1)CN(c1nc3ccccc3[nH]1)CO2. The Morgan fingerprint density at radius 2 is 2.14 bits per heavy atom. The molecule has 0 bridgehead atoms. The highest BCUT2D eigenvalue weighted by molar-refractivity contribution is 5.77. The molecule has 1 N–H and O–H groups in total. The molecule has 2 heterocycles. The first-order valence-corrected chi connectivity index (χ1v) is 6.83. The molecule has 0 radical (unpaired) electrons. The molecular weight excluding hydrogens is 266 g/mol. The maximum absolute atomic E-state index is 5.80. The Morgan fingerprint density at radius 1 is 1.24 bits per heavy atom. The molecular formula is C16H15N3O2. The van der Waals surface area contributed by atoms with Crippen molar-refractivity contribution in [1.29, 1.82) is 0 Å². The number of hydrogen-bond donors (Lipinski definition) is 1. The molecule has 0 unspecified atom stereocenters. The van der Waals surface area contributed by atoms with Crippen molar-refractivity contribution >= 4 is 17.0 Å². The molecule has 106 valence electrons. The van der Waals surface area contributed by atoms with Gasteiger partial charge < -0.3 is 19.4 Å². The third-order valence-corrected chi connectivity index (χ3v) is 3.68. The second-order valence-corrected chi connectivity index (χ2v) is 5.02. The number of imidazole rings is 1. The number of benzene rings is 2. The van der Waals surface area contributed by atoms with E-state index < -0.39 is 0 Å². The number of rotatable bonds is 2. The summed E-state index contributed by atoms with van der Waals surface area (Å²) >= 11 is 0. The van der Waals surface area contributed by atoms with E-state index in [9.17, 15) is 0 Å². The van der Waals surface area contributed by atoms with Crippen LogP contribution in [0.4, 0.5) is 5.95 Å². The van der Waals surface area contributed by atoms with Gasteiger partial charge in [0.05, 0.1) is 24.7 Å². The zero-order valence-corrected chi connectivity index (χ0v) is 11.7. The van der Waals surface area contributed by atoms with Crippen LogP contribution in [-0.4, -0.2) is 23.8 Å². The third kappa shape index (κ3) is 2.07. The van der Waals surface area contributed by atoms with Crippen molar-refractivity contribution in [2.24, 2.45) is 0 Å². The van der Waals surface area contributed by atoms with E-state index in [2.05, 4.69) is 14.9 Å². The molecule has 1 aliphatic heterocycles. The number of methoxy groups -OCH3 is 1. The topological polar surface area (TPSA) is 50.4 Å². The van der Waals surface area contributed by atoms with Crippen LogP contribution in [0.25, 0.3) is 11.0 Å². The number of ether oxygens (including phenoxy) is 2. The van der Waals surface area contributed by atoms with E-state index in [1.54, 1.807) is 7.11 Å². The average Bonchev–Trinajstić information content (AvgIpc) is 2.97. The predicted octanol–water partition coefficient (Wildman–Crippen LogP) is 2.93. The Balaban J connectivity index is 1.67. The molecule has 0 atom stereocenters. The second kappa shape index (κ2) is 4.70. The number of nitrogens with one attached hydrogen (secondary N) is 1. The van der Waals surface area contributed by atoms with E-state index in [0.717, 1.165) is 40.6 Å². The van der Waals surface area contributed by atoms with Gasteiger partial charge in [0.1, 0.15) is 11.5 Å². The van der Waals surface area contributed by atoms with Crippen LogP contribution in [0.3, 0.4) is 0 Å². The van der Waals surface area contributed by atoms with Gasteiger partial charge in [0, 0.05) is 5.56 Å². The monoisotopic (exact) mass is 281 g/mol. The number of hydrogen-bond acceptors (Lipinski definition) is 4. The summed E-state index contributed by atoms with van der Waals surface area (Å²) in [4.78, 5) is 10.0. The van der Waals surface area contributed by atoms with Gasteiger partial charge >= 0.3 is 0 Å². The maximum Gasteiger partial charge on any atom is 0.206 e. The standard InChI is InChI=1S/C16H15N3O2/c1-20-12-6-7-15-11(8-12)9-19(10-21-15)16-17-13-4-2-3-5-14(13)18-16/h2-8H,9-10H2,1H3,(H,17,18). The minimum atomic E-state index is 0.485. The molecule has 0 amide bonds. The van der Waals surface area contributed by atoms with Gasteiger partial charge in [0.2, 0.25) is 5.95 Å². The van der Waals surface area contributed by atoms with Crippen molar-refractivity contribution in [2.45, 2.75) is 6.54 Å². The van der Waals surface area contributed by atoms with E-state index in [1.165, 1.54) is 0 Å². The number of H-pyrrole nitrogens is 1. The van der Waals surface area contributed by atoms with Gasteiger partial charge in [-0.3, -0.25) is 0 Å². The molecule has 5 heteroatoms. The van der Waals surface area contributed by atoms with Crippen LogP contribution in [0.1, 0.15) is 5.56 Å². The highest BCUT2D eigenvalue weighted by Crippen LogP contribution is 2.30. The zero-order valence-electron chi connectivity index (χ0n) is 11.7. The van der Waals surface area contributed by atoms with Crippen LogP contribution in [0.2, 0.25) is 0 Å². The zero-order chi connectivity index (χ0) is 14.2. The Labute approximate surface area is 122 Å². The summed E-state index contributed by atoms with van der Waals surface area (Å²) in [5.74, 6) is 2.57. The predicted molar refractivity (Wildman–Crippen MR) is 80.8 cm³/mol. The van der Waals surface area contributed by atoms with Gasteiger partial charge in [-0.2, -0.15) is 0 Å². The summed E-state index contributed by atoms with van der Waals surface area (Å²) in [6.07, 6.45) is 0. The van der Waals surface area contributed by atoms with Gasteiger partial charge in [-0.05, 0) is 30.3 Å². The van der Waals surface area contributed by atoms with Crippen LogP contribution in [0.15, 0.2) is 42.5 Å². The minimum absolute atomic E-state index is 0.485. The average molecular weight is 281 g/mol. The largest absolute Gasteiger partial charge is 0.497 e. The lowest BCUT2D eigenvalue weighted by atomic mass is 10.1. The van der Waals surface area contributed by atoms with Crippen molar-refractivity contribution in [3.8, 4) is 11.5 Å². The van der Waals surface area contributed by atoms with Crippen LogP contribution >= 0.6 is 0 Å². The van der Waals surface area contributed by atoms with Gasteiger partial charge in [0.15, 0.2) is 6.73 Å². The summed E-state index contributed by atoms with van der Waals surface area (Å²) < 4.78 is 11.1. The highest BCUT2D eigenvalue weighted by atomic mass is 16.5. The Hall–Kier alpha value is -2.69. The Bertz CT molecular complexity index is 764. The molecule has 4 rings (SSSR count). The first-order valence-electron chi connectivity index (χ1n) is 6.83. The van der Waals surface area contributed by atoms with Crippen molar-refractivity contribution in [2.75, 3.05) is 18.7 Å². The van der Waals surface area contributed by atoms with Gasteiger partial charge in [-0.1, -0.05) is 12.1 Å². The molecule has 0 saturated carbocycles. The number of para-hydroxylation sites is 2. The summed E-state index contributed by atoms with van der Waals surface area (Å²) in [7, 11) is 1.67. The van der Waals surface area contributed by atoms with Crippen molar-refractivity contribution < 1.29 is 9.47 Å². The van der Waals surface area contributed by atoms with Crippen LogP contribution in [0.5, 0.6) is 11.5 Å².